The van der Waals surface area contributed by atoms with Crippen molar-refractivity contribution in [2.45, 2.75) is 39.2 Å². The van der Waals surface area contributed by atoms with Crippen LogP contribution in [0.1, 0.15) is 33.1 Å². The van der Waals surface area contributed by atoms with Gasteiger partial charge in [-0.15, -0.1) is 12.4 Å². The maximum Gasteiger partial charge on any atom is 0.236 e. The van der Waals surface area contributed by atoms with Gasteiger partial charge in [-0.3, -0.25) is 9.69 Å². The molecule has 2 heterocycles. The van der Waals surface area contributed by atoms with Gasteiger partial charge >= 0.3 is 0 Å². The van der Waals surface area contributed by atoms with Crippen molar-refractivity contribution < 1.29 is 4.79 Å². The molecule has 2 saturated heterocycles. The Kier molecular flexibility index (Phi) is 6.57. The molecule has 2 aliphatic heterocycles. The Hall–Kier alpha value is -0.320. The molecule has 0 aromatic heterocycles. The second-order valence-corrected chi connectivity index (χ2v) is 6.36. The number of hydrogen-bond acceptors (Lipinski definition) is 3. The van der Waals surface area contributed by atoms with Crippen molar-refractivity contribution in [1.82, 2.24) is 9.80 Å². The zero-order valence-electron chi connectivity index (χ0n) is 12.2. The van der Waals surface area contributed by atoms with Gasteiger partial charge in [0.05, 0.1) is 6.54 Å². The lowest BCUT2D eigenvalue weighted by Crippen LogP contribution is -2.49. The van der Waals surface area contributed by atoms with Crippen molar-refractivity contribution in [3.8, 4) is 0 Å². The number of hydrogen-bond donors (Lipinski definition) is 1. The monoisotopic (exact) mass is 289 g/mol. The number of carbonyl (C=O) groups is 1. The minimum Gasteiger partial charge on any atom is -0.341 e. The van der Waals surface area contributed by atoms with Crippen LogP contribution in [0.4, 0.5) is 0 Å². The summed E-state index contributed by atoms with van der Waals surface area (Å²) in [5.74, 6) is 1.60. The first-order chi connectivity index (χ1) is 8.54. The topological polar surface area (TPSA) is 49.6 Å². The highest BCUT2D eigenvalue weighted by molar-refractivity contribution is 5.85. The zero-order valence-corrected chi connectivity index (χ0v) is 13.0. The van der Waals surface area contributed by atoms with E-state index in [4.69, 9.17) is 5.73 Å². The third-order valence-electron chi connectivity index (χ3n) is 4.21. The van der Waals surface area contributed by atoms with Gasteiger partial charge in [-0.1, -0.05) is 13.8 Å². The normalized spacial score (nSPS) is 29.9. The van der Waals surface area contributed by atoms with Gasteiger partial charge in [0.15, 0.2) is 0 Å². The summed E-state index contributed by atoms with van der Waals surface area (Å²) in [6, 6.07) is 0.339. The highest BCUT2D eigenvalue weighted by atomic mass is 35.5. The molecule has 2 N–H and O–H groups in total. The lowest BCUT2D eigenvalue weighted by molar-refractivity contribution is -0.135. The SMILES string of the molecule is CC1CC(C)CN(C(=O)CN2CCC(N)CC2)C1.Cl. The first-order valence-corrected chi connectivity index (χ1v) is 7.30. The van der Waals surface area contributed by atoms with Gasteiger partial charge in [-0.05, 0) is 31.1 Å². The molecule has 0 aromatic rings. The first-order valence-electron chi connectivity index (χ1n) is 7.30. The quantitative estimate of drug-likeness (QED) is 0.834. The maximum atomic E-state index is 12.3. The molecule has 0 radical (unpaired) electrons. The fourth-order valence-corrected chi connectivity index (χ4v) is 3.27. The number of piperidine rings is 2. The van der Waals surface area contributed by atoms with E-state index in [1.165, 1.54) is 6.42 Å². The highest BCUT2D eigenvalue weighted by Crippen LogP contribution is 2.21. The van der Waals surface area contributed by atoms with E-state index in [1.54, 1.807) is 0 Å². The van der Waals surface area contributed by atoms with Gasteiger partial charge < -0.3 is 10.6 Å². The van der Waals surface area contributed by atoms with E-state index in [1.807, 2.05) is 0 Å². The van der Waals surface area contributed by atoms with E-state index >= 15 is 0 Å². The Morgan fingerprint density at radius 1 is 1.16 bits per heavy atom. The molecule has 5 heteroatoms. The number of amides is 1. The molecule has 2 aliphatic rings. The van der Waals surface area contributed by atoms with E-state index in [2.05, 4.69) is 23.6 Å². The van der Waals surface area contributed by atoms with E-state index in [0.717, 1.165) is 39.0 Å². The van der Waals surface area contributed by atoms with Gasteiger partial charge in [-0.2, -0.15) is 0 Å². The van der Waals surface area contributed by atoms with Gasteiger partial charge in [0.1, 0.15) is 0 Å². The average molecular weight is 290 g/mol. The number of nitrogens with zero attached hydrogens (tertiary/aromatic N) is 2. The summed E-state index contributed by atoms with van der Waals surface area (Å²) >= 11 is 0. The van der Waals surface area contributed by atoms with Crippen molar-refractivity contribution >= 4 is 18.3 Å². The molecule has 0 aromatic carbocycles. The van der Waals surface area contributed by atoms with Crippen LogP contribution in [-0.4, -0.2) is 54.5 Å². The molecule has 2 atom stereocenters. The fourth-order valence-electron chi connectivity index (χ4n) is 3.27. The largest absolute Gasteiger partial charge is 0.341 e. The van der Waals surface area contributed by atoms with E-state index in [0.29, 0.717) is 30.3 Å². The Morgan fingerprint density at radius 3 is 2.21 bits per heavy atom. The van der Waals surface area contributed by atoms with Crippen molar-refractivity contribution in [2.24, 2.45) is 17.6 Å². The molecule has 112 valence electrons. The van der Waals surface area contributed by atoms with Crippen LogP contribution in [0.15, 0.2) is 0 Å². The Bertz CT molecular complexity index is 282. The molecule has 2 fully saturated rings. The van der Waals surface area contributed by atoms with Crippen molar-refractivity contribution in [1.29, 1.82) is 0 Å². The molecule has 2 unspecified atom stereocenters. The molecule has 4 nitrogen and oxygen atoms in total. The highest BCUT2D eigenvalue weighted by Gasteiger charge is 2.27. The molecule has 0 saturated carbocycles. The minimum atomic E-state index is 0. The summed E-state index contributed by atoms with van der Waals surface area (Å²) < 4.78 is 0. The van der Waals surface area contributed by atoms with Gasteiger partial charge in [-0.25, -0.2) is 0 Å². The molecule has 0 bridgehead atoms. The van der Waals surface area contributed by atoms with Crippen LogP contribution in [0.3, 0.4) is 0 Å². The number of carbonyl (C=O) groups excluding carboxylic acids is 1. The molecule has 0 spiro atoms. The summed E-state index contributed by atoms with van der Waals surface area (Å²) in [6.07, 6.45) is 3.31. The number of halogens is 1. The lowest BCUT2D eigenvalue weighted by atomic mass is 9.92. The smallest absolute Gasteiger partial charge is 0.236 e. The summed E-state index contributed by atoms with van der Waals surface area (Å²) in [5.41, 5.74) is 5.88. The van der Waals surface area contributed by atoms with Crippen molar-refractivity contribution in [3.05, 3.63) is 0 Å². The molecular weight excluding hydrogens is 262 g/mol. The standard InChI is InChI=1S/C14H27N3O.ClH/c1-11-7-12(2)9-17(8-11)14(18)10-16-5-3-13(15)4-6-16;/h11-13H,3-10,15H2,1-2H3;1H. The molecule has 19 heavy (non-hydrogen) atoms. The number of likely N-dealkylation sites (tertiary alicyclic amines) is 2. The van der Waals surface area contributed by atoms with Crippen LogP contribution in [0, 0.1) is 11.8 Å². The molecule has 2 rings (SSSR count). The van der Waals surface area contributed by atoms with Crippen LogP contribution >= 0.6 is 12.4 Å². The second-order valence-electron chi connectivity index (χ2n) is 6.36. The van der Waals surface area contributed by atoms with Crippen LogP contribution < -0.4 is 5.73 Å². The Balaban J connectivity index is 0.00000180. The van der Waals surface area contributed by atoms with Gasteiger partial charge in [0, 0.05) is 32.2 Å². The predicted octanol–water partition coefficient (Wildman–Crippen LogP) is 1.34. The fraction of sp³-hybridized carbons (Fsp3) is 0.929. The van der Waals surface area contributed by atoms with Crippen LogP contribution in [0.5, 0.6) is 0 Å². The maximum absolute atomic E-state index is 12.3. The molecule has 1 amide bonds. The summed E-state index contributed by atoms with van der Waals surface area (Å²) in [7, 11) is 0. The zero-order chi connectivity index (χ0) is 13.1. The van der Waals surface area contributed by atoms with Crippen molar-refractivity contribution in [3.63, 3.8) is 0 Å². The Morgan fingerprint density at radius 2 is 1.68 bits per heavy atom. The third kappa shape index (κ3) is 4.93. The van der Waals surface area contributed by atoms with Crippen LogP contribution in [0.2, 0.25) is 0 Å². The van der Waals surface area contributed by atoms with E-state index in [9.17, 15) is 4.79 Å². The second kappa shape index (κ2) is 7.46. The minimum absolute atomic E-state index is 0. The van der Waals surface area contributed by atoms with Gasteiger partial charge in [0.2, 0.25) is 5.91 Å². The van der Waals surface area contributed by atoms with Gasteiger partial charge in [0.25, 0.3) is 0 Å². The average Bonchev–Trinajstić information content (AvgIpc) is 2.31. The number of nitrogens with two attached hydrogens (primary N) is 1. The summed E-state index contributed by atoms with van der Waals surface area (Å²) in [6.45, 7) is 8.92. The molecular formula is C14H28ClN3O. The first kappa shape index (κ1) is 16.7. The van der Waals surface area contributed by atoms with Crippen molar-refractivity contribution in [2.75, 3.05) is 32.7 Å². The lowest BCUT2D eigenvalue weighted by Gasteiger charge is -2.37. The Labute approximate surface area is 123 Å². The summed E-state index contributed by atoms with van der Waals surface area (Å²) in [5, 5.41) is 0. The van der Waals surface area contributed by atoms with Crippen LogP contribution in [-0.2, 0) is 4.79 Å². The summed E-state index contributed by atoms with van der Waals surface area (Å²) in [4.78, 5) is 16.6. The third-order valence-corrected chi connectivity index (χ3v) is 4.21. The van der Waals surface area contributed by atoms with E-state index < -0.39 is 0 Å². The predicted molar refractivity (Wildman–Crippen MR) is 80.4 cm³/mol. The molecule has 0 aliphatic carbocycles. The van der Waals surface area contributed by atoms with E-state index in [-0.39, 0.29) is 12.4 Å². The number of rotatable bonds is 2. The van der Waals surface area contributed by atoms with Crippen LogP contribution in [0.25, 0.3) is 0 Å².